The minimum atomic E-state index is -0.643. The van der Waals surface area contributed by atoms with Crippen LogP contribution in [0.2, 0.25) is 0 Å². The molecule has 0 saturated heterocycles. The third-order valence-corrected chi connectivity index (χ3v) is 1.35. The summed E-state index contributed by atoms with van der Waals surface area (Å²) in [6, 6.07) is -0.608. The fourth-order valence-electron chi connectivity index (χ4n) is 0.465. The highest BCUT2D eigenvalue weighted by atomic mass is 35.5. The number of rotatable bonds is 4. The van der Waals surface area contributed by atoms with E-state index >= 15 is 0 Å². The second-order valence-electron chi connectivity index (χ2n) is 2.19. The van der Waals surface area contributed by atoms with Crippen molar-refractivity contribution in [3.8, 4) is 0 Å². The molecule has 0 aliphatic rings. The Kier molecular flexibility index (Phi) is 5.19. The van der Waals surface area contributed by atoms with Crippen molar-refractivity contribution >= 4 is 17.5 Å². The number of aliphatic hydroxyl groups excluding tert-OH is 2. The molecular weight excluding hydrogens is 170 g/mol. The number of hydrogen-bond acceptors (Lipinski definition) is 3. The van der Waals surface area contributed by atoms with E-state index in [2.05, 4.69) is 5.32 Å². The second kappa shape index (κ2) is 5.35. The molecule has 11 heavy (non-hydrogen) atoms. The standard InChI is InChI=1S/C6H12ClNO3/c1-4(7)6(11)8-5(2-9)3-10/h4-5,9-10H,2-3H2,1H3,(H,8,11). The van der Waals surface area contributed by atoms with Gasteiger partial charge >= 0.3 is 0 Å². The van der Waals surface area contributed by atoms with E-state index in [1.54, 1.807) is 0 Å². The van der Waals surface area contributed by atoms with Crippen LogP contribution in [0.1, 0.15) is 6.92 Å². The molecule has 1 amide bonds. The van der Waals surface area contributed by atoms with Gasteiger partial charge in [0.15, 0.2) is 0 Å². The molecule has 0 radical (unpaired) electrons. The minimum absolute atomic E-state index is 0.286. The highest BCUT2D eigenvalue weighted by molar-refractivity contribution is 6.30. The van der Waals surface area contributed by atoms with Crippen molar-refractivity contribution in [2.24, 2.45) is 0 Å². The summed E-state index contributed by atoms with van der Waals surface area (Å²) in [4.78, 5) is 10.8. The molecule has 1 atom stereocenters. The van der Waals surface area contributed by atoms with Crippen LogP contribution >= 0.6 is 11.6 Å². The van der Waals surface area contributed by atoms with Crippen LogP contribution in [0, 0.1) is 0 Å². The van der Waals surface area contributed by atoms with Gasteiger partial charge in [-0.1, -0.05) is 0 Å². The van der Waals surface area contributed by atoms with Crippen LogP contribution in [-0.4, -0.2) is 40.8 Å². The van der Waals surface area contributed by atoms with Gasteiger partial charge in [-0.3, -0.25) is 4.79 Å². The number of carbonyl (C=O) groups is 1. The highest BCUT2D eigenvalue weighted by Crippen LogP contribution is 1.93. The Labute approximate surface area is 70.2 Å². The largest absolute Gasteiger partial charge is 0.394 e. The molecule has 66 valence electrons. The first kappa shape index (κ1) is 10.7. The summed E-state index contributed by atoms with van der Waals surface area (Å²) < 4.78 is 0. The van der Waals surface area contributed by atoms with Gasteiger partial charge in [-0.15, -0.1) is 11.6 Å². The Morgan fingerprint density at radius 3 is 2.27 bits per heavy atom. The van der Waals surface area contributed by atoms with Gasteiger partial charge in [0.2, 0.25) is 5.91 Å². The Bertz CT molecular complexity index is 125. The van der Waals surface area contributed by atoms with Crippen LogP contribution in [0.15, 0.2) is 0 Å². The first-order valence-corrected chi connectivity index (χ1v) is 3.71. The van der Waals surface area contributed by atoms with Crippen LogP contribution in [0.25, 0.3) is 0 Å². The minimum Gasteiger partial charge on any atom is -0.394 e. The maximum absolute atomic E-state index is 10.8. The highest BCUT2D eigenvalue weighted by Gasteiger charge is 2.13. The van der Waals surface area contributed by atoms with E-state index < -0.39 is 11.4 Å². The van der Waals surface area contributed by atoms with Gasteiger partial charge in [0.25, 0.3) is 0 Å². The Hall–Kier alpha value is -0.320. The molecule has 0 aromatic rings. The van der Waals surface area contributed by atoms with E-state index in [4.69, 9.17) is 21.8 Å². The van der Waals surface area contributed by atoms with E-state index in [1.807, 2.05) is 0 Å². The molecule has 1 unspecified atom stereocenters. The lowest BCUT2D eigenvalue weighted by Crippen LogP contribution is -2.42. The van der Waals surface area contributed by atoms with Crippen molar-refractivity contribution in [1.82, 2.24) is 5.32 Å². The summed E-state index contributed by atoms with van der Waals surface area (Å²) in [5.41, 5.74) is 0. The number of amides is 1. The molecule has 0 spiro atoms. The molecule has 3 N–H and O–H groups in total. The van der Waals surface area contributed by atoms with Crippen molar-refractivity contribution in [3.05, 3.63) is 0 Å². The van der Waals surface area contributed by atoms with Gasteiger partial charge in [0.05, 0.1) is 19.3 Å². The van der Waals surface area contributed by atoms with Crippen molar-refractivity contribution in [1.29, 1.82) is 0 Å². The quantitative estimate of drug-likeness (QED) is 0.492. The summed E-state index contributed by atoms with van der Waals surface area (Å²) in [5, 5.41) is 18.8. The van der Waals surface area contributed by atoms with Crippen molar-refractivity contribution in [3.63, 3.8) is 0 Å². The van der Waals surface area contributed by atoms with E-state index in [-0.39, 0.29) is 19.1 Å². The van der Waals surface area contributed by atoms with Gasteiger partial charge in [-0.2, -0.15) is 0 Å². The number of alkyl halides is 1. The Morgan fingerprint density at radius 2 is 2.00 bits per heavy atom. The fourth-order valence-corrected chi connectivity index (χ4v) is 0.528. The van der Waals surface area contributed by atoms with Gasteiger partial charge in [0, 0.05) is 0 Å². The third-order valence-electron chi connectivity index (χ3n) is 1.15. The monoisotopic (exact) mass is 181 g/mol. The Morgan fingerprint density at radius 1 is 1.55 bits per heavy atom. The summed E-state index contributed by atoms with van der Waals surface area (Å²) in [6.45, 7) is 0.945. The lowest BCUT2D eigenvalue weighted by atomic mass is 10.3. The molecule has 0 bridgehead atoms. The summed E-state index contributed by atoms with van der Waals surface area (Å²) in [7, 11) is 0. The molecule has 0 aliphatic heterocycles. The molecule has 0 fully saturated rings. The van der Waals surface area contributed by atoms with Crippen LogP contribution in [0.5, 0.6) is 0 Å². The van der Waals surface area contributed by atoms with E-state index in [9.17, 15) is 4.79 Å². The lowest BCUT2D eigenvalue weighted by Gasteiger charge is -2.13. The summed E-state index contributed by atoms with van der Waals surface area (Å²) >= 11 is 5.41. The molecule has 0 heterocycles. The van der Waals surface area contributed by atoms with Crippen molar-refractivity contribution in [2.45, 2.75) is 18.3 Å². The molecular formula is C6H12ClNO3. The zero-order chi connectivity index (χ0) is 8.85. The van der Waals surface area contributed by atoms with Crippen molar-refractivity contribution in [2.75, 3.05) is 13.2 Å². The van der Waals surface area contributed by atoms with Crippen LogP contribution in [0.3, 0.4) is 0 Å². The van der Waals surface area contributed by atoms with Crippen LogP contribution in [0.4, 0.5) is 0 Å². The van der Waals surface area contributed by atoms with Gasteiger partial charge < -0.3 is 15.5 Å². The van der Waals surface area contributed by atoms with Crippen LogP contribution < -0.4 is 5.32 Å². The number of hydrogen-bond donors (Lipinski definition) is 3. The summed E-state index contributed by atoms with van der Waals surface area (Å²) in [5.74, 6) is -0.389. The zero-order valence-corrected chi connectivity index (χ0v) is 7.01. The maximum Gasteiger partial charge on any atom is 0.238 e. The number of carbonyl (C=O) groups excluding carboxylic acids is 1. The first-order valence-electron chi connectivity index (χ1n) is 3.28. The average Bonchev–Trinajstić information content (AvgIpc) is 1.99. The molecule has 0 aromatic heterocycles. The Balaban J connectivity index is 3.72. The van der Waals surface area contributed by atoms with E-state index in [0.717, 1.165) is 0 Å². The van der Waals surface area contributed by atoms with Gasteiger partial charge in [-0.05, 0) is 6.92 Å². The number of aliphatic hydroxyl groups is 2. The molecule has 5 heteroatoms. The normalized spacial score (nSPS) is 13.2. The number of halogens is 1. The third kappa shape index (κ3) is 4.19. The van der Waals surface area contributed by atoms with E-state index in [1.165, 1.54) is 6.92 Å². The maximum atomic E-state index is 10.8. The molecule has 0 aliphatic carbocycles. The predicted molar refractivity (Wildman–Crippen MR) is 41.4 cm³/mol. The smallest absolute Gasteiger partial charge is 0.238 e. The predicted octanol–water partition coefficient (Wildman–Crippen LogP) is -0.917. The van der Waals surface area contributed by atoms with Crippen molar-refractivity contribution < 1.29 is 15.0 Å². The molecule has 0 rings (SSSR count). The number of nitrogens with one attached hydrogen (secondary N) is 1. The van der Waals surface area contributed by atoms with Gasteiger partial charge in [-0.25, -0.2) is 0 Å². The SMILES string of the molecule is CC(Cl)C(=O)NC(CO)CO. The summed E-state index contributed by atoms with van der Waals surface area (Å²) in [6.07, 6.45) is 0. The molecule has 4 nitrogen and oxygen atoms in total. The molecule has 0 saturated carbocycles. The average molecular weight is 182 g/mol. The second-order valence-corrected chi connectivity index (χ2v) is 2.84. The molecule has 0 aromatic carbocycles. The van der Waals surface area contributed by atoms with E-state index in [0.29, 0.717) is 0 Å². The first-order chi connectivity index (χ1) is 5.11. The fraction of sp³-hybridized carbons (Fsp3) is 0.833. The zero-order valence-electron chi connectivity index (χ0n) is 6.25. The van der Waals surface area contributed by atoms with Crippen LogP contribution in [-0.2, 0) is 4.79 Å². The topological polar surface area (TPSA) is 69.6 Å². The lowest BCUT2D eigenvalue weighted by molar-refractivity contribution is -0.121. The van der Waals surface area contributed by atoms with Gasteiger partial charge in [0.1, 0.15) is 5.38 Å².